The lowest BCUT2D eigenvalue weighted by Crippen LogP contribution is -2.16. The Morgan fingerprint density at radius 2 is 2.17 bits per heavy atom. The fourth-order valence-corrected chi connectivity index (χ4v) is 3.56. The molecule has 5 nitrogen and oxygen atoms in total. The van der Waals surface area contributed by atoms with Crippen LogP contribution in [0.15, 0.2) is 4.34 Å². The average molecular weight is 287 g/mol. The summed E-state index contributed by atoms with van der Waals surface area (Å²) in [6, 6.07) is 0. The lowest BCUT2D eigenvalue weighted by molar-refractivity contribution is -0.133. The number of hydrogen-bond acceptors (Lipinski definition) is 6. The standard InChI is InChI=1S/C11H17N3O2S2/c15-9(16)7-17-11-14-13-10(18-11)12-6-8-4-2-1-3-5-8/h8H,1-7H2,(H,12,13)(H,15,16). The maximum atomic E-state index is 10.4. The molecule has 1 aliphatic carbocycles. The fourth-order valence-electron chi connectivity index (χ4n) is 2.09. The van der Waals surface area contributed by atoms with Gasteiger partial charge < -0.3 is 10.4 Å². The van der Waals surface area contributed by atoms with E-state index in [9.17, 15) is 4.79 Å². The van der Waals surface area contributed by atoms with Crippen molar-refractivity contribution in [3.8, 4) is 0 Å². The normalized spacial score (nSPS) is 16.7. The van der Waals surface area contributed by atoms with Crippen LogP contribution in [0.3, 0.4) is 0 Å². The summed E-state index contributed by atoms with van der Waals surface area (Å²) in [5.41, 5.74) is 0. The van der Waals surface area contributed by atoms with Crippen LogP contribution < -0.4 is 5.32 Å². The summed E-state index contributed by atoms with van der Waals surface area (Å²) < 4.78 is 0.712. The Bertz CT molecular complexity index is 391. The van der Waals surface area contributed by atoms with Crippen molar-refractivity contribution >= 4 is 34.2 Å². The van der Waals surface area contributed by atoms with Gasteiger partial charge in [0.25, 0.3) is 0 Å². The molecular weight excluding hydrogens is 270 g/mol. The van der Waals surface area contributed by atoms with E-state index in [1.54, 1.807) is 0 Å². The number of thioether (sulfide) groups is 1. The van der Waals surface area contributed by atoms with Gasteiger partial charge in [0.2, 0.25) is 5.13 Å². The predicted octanol–water partition coefficient (Wildman–Crippen LogP) is 2.71. The van der Waals surface area contributed by atoms with Crippen molar-refractivity contribution in [2.75, 3.05) is 17.6 Å². The predicted molar refractivity (Wildman–Crippen MR) is 73.3 cm³/mol. The smallest absolute Gasteiger partial charge is 0.313 e. The fraction of sp³-hybridized carbons (Fsp3) is 0.727. The lowest BCUT2D eigenvalue weighted by Gasteiger charge is -2.21. The summed E-state index contributed by atoms with van der Waals surface area (Å²) in [7, 11) is 0. The van der Waals surface area contributed by atoms with Crippen molar-refractivity contribution in [1.29, 1.82) is 0 Å². The Morgan fingerprint density at radius 1 is 1.39 bits per heavy atom. The first-order chi connectivity index (χ1) is 8.74. The largest absolute Gasteiger partial charge is 0.481 e. The molecule has 1 aromatic heterocycles. The first-order valence-corrected chi connectivity index (χ1v) is 7.96. The maximum absolute atomic E-state index is 10.4. The molecular formula is C11H17N3O2S2. The number of aliphatic carboxylic acids is 1. The molecule has 1 fully saturated rings. The Morgan fingerprint density at radius 3 is 2.89 bits per heavy atom. The van der Waals surface area contributed by atoms with Gasteiger partial charge in [0.1, 0.15) is 0 Å². The maximum Gasteiger partial charge on any atom is 0.313 e. The van der Waals surface area contributed by atoms with Crippen LogP contribution >= 0.6 is 23.1 Å². The van der Waals surface area contributed by atoms with Gasteiger partial charge in [0.05, 0.1) is 5.75 Å². The molecule has 0 saturated heterocycles. The van der Waals surface area contributed by atoms with E-state index in [2.05, 4.69) is 15.5 Å². The highest BCUT2D eigenvalue weighted by Gasteiger charge is 2.14. The number of nitrogens with one attached hydrogen (secondary N) is 1. The summed E-state index contributed by atoms with van der Waals surface area (Å²) in [5, 5.41) is 20.7. The Balaban J connectivity index is 1.73. The van der Waals surface area contributed by atoms with Crippen molar-refractivity contribution in [1.82, 2.24) is 10.2 Å². The molecule has 0 aliphatic heterocycles. The summed E-state index contributed by atoms with van der Waals surface area (Å²) in [6.07, 6.45) is 6.63. The van der Waals surface area contributed by atoms with Crippen LogP contribution in [0.25, 0.3) is 0 Å². The molecule has 0 atom stereocenters. The topological polar surface area (TPSA) is 75.1 Å². The SMILES string of the molecule is O=C(O)CSc1nnc(NCC2CCCCC2)s1. The number of carboxylic acids is 1. The van der Waals surface area contributed by atoms with Crippen molar-refractivity contribution < 1.29 is 9.90 Å². The summed E-state index contributed by atoms with van der Waals surface area (Å²) >= 11 is 2.65. The van der Waals surface area contributed by atoms with Gasteiger partial charge in [-0.3, -0.25) is 4.79 Å². The lowest BCUT2D eigenvalue weighted by atomic mass is 9.89. The van der Waals surface area contributed by atoms with Gasteiger partial charge in [-0.1, -0.05) is 42.4 Å². The van der Waals surface area contributed by atoms with Crippen LogP contribution in [-0.4, -0.2) is 33.6 Å². The second-order valence-electron chi connectivity index (χ2n) is 4.44. The van der Waals surface area contributed by atoms with Gasteiger partial charge >= 0.3 is 5.97 Å². The van der Waals surface area contributed by atoms with Gasteiger partial charge in [0.15, 0.2) is 4.34 Å². The monoisotopic (exact) mass is 287 g/mol. The summed E-state index contributed by atoms with van der Waals surface area (Å²) in [6.45, 7) is 0.957. The molecule has 0 spiro atoms. The zero-order chi connectivity index (χ0) is 12.8. The minimum absolute atomic E-state index is 0.0389. The highest BCUT2D eigenvalue weighted by Crippen LogP contribution is 2.27. The van der Waals surface area contributed by atoms with Crippen LogP contribution in [0.1, 0.15) is 32.1 Å². The Hall–Kier alpha value is -0.820. The first-order valence-electron chi connectivity index (χ1n) is 6.16. The van der Waals surface area contributed by atoms with E-state index in [-0.39, 0.29) is 5.75 Å². The molecule has 1 aliphatic rings. The van der Waals surface area contributed by atoms with Crippen molar-refractivity contribution in [3.63, 3.8) is 0 Å². The first kappa shape index (κ1) is 13.6. The number of anilines is 1. The Labute approximate surface area is 114 Å². The minimum atomic E-state index is -0.827. The molecule has 0 amide bonds. The van der Waals surface area contributed by atoms with Crippen molar-refractivity contribution in [3.05, 3.63) is 0 Å². The molecule has 0 unspecified atom stereocenters. The van der Waals surface area contributed by atoms with E-state index in [0.717, 1.165) is 17.6 Å². The quantitative estimate of drug-likeness (QED) is 0.784. The van der Waals surface area contributed by atoms with Crippen molar-refractivity contribution in [2.24, 2.45) is 5.92 Å². The molecule has 1 heterocycles. The number of rotatable bonds is 6. The second-order valence-corrected chi connectivity index (χ2v) is 6.64. The van der Waals surface area contributed by atoms with E-state index < -0.39 is 5.97 Å². The van der Waals surface area contributed by atoms with Gasteiger partial charge in [-0.15, -0.1) is 10.2 Å². The van der Waals surface area contributed by atoms with Crippen LogP contribution in [0.2, 0.25) is 0 Å². The Kier molecular flexibility index (Phi) is 5.25. The molecule has 0 radical (unpaired) electrons. The van der Waals surface area contributed by atoms with Gasteiger partial charge in [-0.05, 0) is 18.8 Å². The zero-order valence-corrected chi connectivity index (χ0v) is 11.7. The van der Waals surface area contributed by atoms with Crippen LogP contribution in [0.4, 0.5) is 5.13 Å². The number of aromatic nitrogens is 2. The molecule has 18 heavy (non-hydrogen) atoms. The minimum Gasteiger partial charge on any atom is -0.481 e. The molecule has 2 rings (SSSR count). The molecule has 0 aromatic carbocycles. The highest BCUT2D eigenvalue weighted by atomic mass is 32.2. The second kappa shape index (κ2) is 6.94. The van der Waals surface area contributed by atoms with Crippen molar-refractivity contribution in [2.45, 2.75) is 36.4 Å². The molecule has 100 valence electrons. The van der Waals surface area contributed by atoms with E-state index in [0.29, 0.717) is 4.34 Å². The number of carbonyl (C=O) groups is 1. The zero-order valence-electron chi connectivity index (χ0n) is 10.1. The van der Waals surface area contributed by atoms with E-state index >= 15 is 0 Å². The third-order valence-corrected chi connectivity index (χ3v) is 4.99. The third kappa shape index (κ3) is 4.45. The van der Waals surface area contributed by atoms with Crippen LogP contribution in [0, 0.1) is 5.92 Å². The number of nitrogens with zero attached hydrogens (tertiary/aromatic N) is 2. The van der Waals surface area contributed by atoms with Gasteiger partial charge in [-0.25, -0.2) is 0 Å². The van der Waals surface area contributed by atoms with Gasteiger partial charge in [0, 0.05) is 6.54 Å². The molecule has 1 aromatic rings. The number of hydrogen-bond donors (Lipinski definition) is 2. The van der Waals surface area contributed by atoms with Crippen LogP contribution in [-0.2, 0) is 4.79 Å². The average Bonchev–Trinajstić information content (AvgIpc) is 2.83. The molecule has 2 N–H and O–H groups in total. The number of carboxylic acid groups (broad SMARTS) is 1. The molecule has 1 saturated carbocycles. The molecule has 7 heteroatoms. The summed E-state index contributed by atoms with van der Waals surface area (Å²) in [5.74, 6) is -0.0400. The van der Waals surface area contributed by atoms with Crippen LogP contribution in [0.5, 0.6) is 0 Å². The highest BCUT2D eigenvalue weighted by molar-refractivity contribution is 8.01. The summed E-state index contributed by atoms with van der Waals surface area (Å²) in [4.78, 5) is 10.4. The van der Waals surface area contributed by atoms with E-state index in [1.165, 1.54) is 55.2 Å². The van der Waals surface area contributed by atoms with Gasteiger partial charge in [-0.2, -0.15) is 0 Å². The third-order valence-electron chi connectivity index (χ3n) is 2.99. The van der Waals surface area contributed by atoms with E-state index in [4.69, 9.17) is 5.11 Å². The molecule has 0 bridgehead atoms. The van der Waals surface area contributed by atoms with E-state index in [1.807, 2.05) is 0 Å².